The molecule has 6 rings (SSSR count). The van der Waals surface area contributed by atoms with Crippen LogP contribution in [0.25, 0.3) is 0 Å². The predicted octanol–water partition coefficient (Wildman–Crippen LogP) is 4.02. The van der Waals surface area contributed by atoms with Gasteiger partial charge in [-0.2, -0.15) is 4.31 Å². The van der Waals surface area contributed by atoms with E-state index in [1.165, 1.54) is 22.5 Å². The van der Waals surface area contributed by atoms with Gasteiger partial charge < -0.3 is 29.2 Å². The molecule has 7 atom stereocenters. The number of carbonyl (C=O) groups excluding carboxylic acids is 1. The number of carboxylic acids is 1. The third kappa shape index (κ3) is 7.90. The molecule has 47 heavy (non-hydrogen) atoms. The molecule has 12 heteroatoms. The van der Waals surface area contributed by atoms with Crippen LogP contribution in [0.5, 0.6) is 0 Å². The summed E-state index contributed by atoms with van der Waals surface area (Å²) < 4.78 is 53.2. The number of β-amino-alcohol motifs (C(OH)–C–C–N with tert-alkyl or cyclic N) is 1. The molecule has 3 heterocycles. The Hall–Kier alpha value is -2.87. The minimum atomic E-state index is -4.17. The zero-order valence-corrected chi connectivity index (χ0v) is 27.4. The summed E-state index contributed by atoms with van der Waals surface area (Å²) in [6.07, 6.45) is 3.53. The van der Waals surface area contributed by atoms with Gasteiger partial charge in [0.2, 0.25) is 10.0 Å². The lowest BCUT2D eigenvalue weighted by molar-refractivity contribution is -0.178. The van der Waals surface area contributed by atoms with Crippen LogP contribution in [0.3, 0.4) is 0 Å². The van der Waals surface area contributed by atoms with Crippen molar-refractivity contribution in [3.05, 3.63) is 65.2 Å². The number of carbonyl (C=O) groups is 2. The van der Waals surface area contributed by atoms with Crippen molar-refractivity contribution in [3.8, 4) is 0 Å². The number of fused-ring (bicyclic) bond motifs is 2. The van der Waals surface area contributed by atoms with Gasteiger partial charge in [0.05, 0.1) is 42.8 Å². The summed E-state index contributed by atoms with van der Waals surface area (Å²) in [6.45, 7) is 1.33. The molecule has 2 unspecified atom stereocenters. The highest BCUT2D eigenvalue weighted by atomic mass is 32.2. The summed E-state index contributed by atoms with van der Waals surface area (Å²) in [5, 5.41) is 21.3. The molecule has 0 amide bonds. The number of aliphatic hydroxyl groups is 1. The molecule has 3 aliphatic heterocycles. The van der Waals surface area contributed by atoms with E-state index in [-0.39, 0.29) is 72.3 Å². The number of nitrogens with zero attached hydrogens (tertiary/aromatic N) is 1. The Morgan fingerprint density at radius 1 is 0.979 bits per heavy atom. The Morgan fingerprint density at radius 2 is 1.74 bits per heavy atom. The van der Waals surface area contributed by atoms with E-state index >= 15 is 0 Å². The van der Waals surface area contributed by atoms with Crippen molar-refractivity contribution in [3.63, 3.8) is 0 Å². The second-order valence-corrected chi connectivity index (χ2v) is 15.3. The molecule has 2 bridgehead atoms. The number of hydrogen-bond donors (Lipinski definition) is 2. The minimum absolute atomic E-state index is 0.0303. The second kappa shape index (κ2) is 15.1. The summed E-state index contributed by atoms with van der Waals surface area (Å²) in [7, 11) is -4.17. The Bertz CT molecular complexity index is 1500. The molecule has 0 spiro atoms. The molecular weight excluding hydrogens is 626 g/mol. The fourth-order valence-corrected chi connectivity index (χ4v) is 9.30. The van der Waals surface area contributed by atoms with Crippen LogP contribution in [0.2, 0.25) is 0 Å². The maximum Gasteiger partial charge on any atom is 0.335 e. The van der Waals surface area contributed by atoms with E-state index in [0.717, 1.165) is 37.7 Å². The highest BCUT2D eigenvalue weighted by molar-refractivity contribution is 7.89. The molecule has 11 nitrogen and oxygen atoms in total. The van der Waals surface area contributed by atoms with E-state index in [1.807, 2.05) is 30.3 Å². The molecule has 0 aromatic heterocycles. The Labute approximate surface area is 276 Å². The maximum atomic E-state index is 14.3. The van der Waals surface area contributed by atoms with E-state index in [9.17, 15) is 28.2 Å². The molecule has 2 saturated heterocycles. The van der Waals surface area contributed by atoms with Gasteiger partial charge in [-0.1, -0.05) is 49.6 Å². The lowest BCUT2D eigenvalue weighted by Gasteiger charge is -2.31. The largest absolute Gasteiger partial charge is 0.478 e. The van der Waals surface area contributed by atoms with E-state index in [2.05, 4.69) is 0 Å². The van der Waals surface area contributed by atoms with Crippen LogP contribution in [0.1, 0.15) is 66.4 Å². The summed E-state index contributed by atoms with van der Waals surface area (Å²) in [5.41, 5.74) is 1.15. The molecular formula is C35H45NO10S. The quantitative estimate of drug-likeness (QED) is 0.375. The van der Waals surface area contributed by atoms with Gasteiger partial charge in [-0.05, 0) is 55.0 Å². The first kappa shape index (κ1) is 34.0. The normalized spacial score (nSPS) is 29.0. The third-order valence-electron chi connectivity index (χ3n) is 10.1. The standard InChI is InChI=1S/C35H45NO10S/c37-30(19-36-13-7-2-1-3-8-14-43-20-26-16-24(34(39)40)11-12-31(26)47(36,41)42)25(15-23-9-5-4-6-10-23)18-32(38)46-33-27-17-28-29(33)22-45-35(28)44-21-27/h4-6,9-12,16,25,27-30,33,35,37H,1-3,7-8,13-15,17-22H2,(H,39,40)/t25-,27?,28?,29-,30-,33+,35+/m1/s1. The lowest BCUT2D eigenvalue weighted by Crippen LogP contribution is -2.42. The molecule has 0 radical (unpaired) electrons. The molecule has 1 aliphatic carbocycles. The molecule has 2 aromatic carbocycles. The molecule has 256 valence electrons. The Morgan fingerprint density at radius 3 is 2.55 bits per heavy atom. The first-order valence-electron chi connectivity index (χ1n) is 16.8. The number of esters is 1. The van der Waals surface area contributed by atoms with E-state index in [0.29, 0.717) is 32.7 Å². The number of carboxylic acid groups (broad SMARTS) is 1. The van der Waals surface area contributed by atoms with Gasteiger partial charge in [0.15, 0.2) is 6.29 Å². The SMILES string of the molecule is O=C(C[C@@H](Cc1ccccc1)[C@H](O)CN1CCCCCCCOCc2cc(C(=O)O)ccc2S1(=O)=O)O[C@H]1C2CO[C@H]3OC[C@@H]1C3C2. The van der Waals surface area contributed by atoms with Crippen LogP contribution < -0.4 is 0 Å². The van der Waals surface area contributed by atoms with Crippen LogP contribution in [0.4, 0.5) is 0 Å². The summed E-state index contributed by atoms with van der Waals surface area (Å²) in [4.78, 5) is 25.2. The second-order valence-electron chi connectivity index (χ2n) is 13.3. The molecule has 2 aromatic rings. The van der Waals surface area contributed by atoms with Gasteiger partial charge in [0.25, 0.3) is 0 Å². The average Bonchev–Trinajstić information content (AvgIpc) is 3.59. The highest BCUT2D eigenvalue weighted by Gasteiger charge is 2.56. The third-order valence-corrected chi connectivity index (χ3v) is 12.1. The Kier molecular flexibility index (Phi) is 10.9. The number of benzene rings is 2. The predicted molar refractivity (Wildman–Crippen MR) is 170 cm³/mol. The topological polar surface area (TPSA) is 149 Å². The number of aliphatic hydroxyl groups excluding tert-OH is 1. The van der Waals surface area contributed by atoms with Crippen molar-refractivity contribution in [2.45, 2.75) is 81.4 Å². The minimum Gasteiger partial charge on any atom is -0.478 e. The van der Waals surface area contributed by atoms with Crippen LogP contribution in [0.15, 0.2) is 53.4 Å². The maximum absolute atomic E-state index is 14.3. The van der Waals surface area contributed by atoms with Gasteiger partial charge in [0.1, 0.15) is 6.10 Å². The molecule has 2 N–H and O–H groups in total. The van der Waals surface area contributed by atoms with Gasteiger partial charge in [-0.25, -0.2) is 13.2 Å². The smallest absolute Gasteiger partial charge is 0.335 e. The number of ether oxygens (including phenoxy) is 4. The van der Waals surface area contributed by atoms with Crippen molar-refractivity contribution in [2.24, 2.45) is 23.7 Å². The highest BCUT2D eigenvalue weighted by Crippen LogP contribution is 2.49. The number of hydrogen-bond acceptors (Lipinski definition) is 9. The zero-order chi connectivity index (χ0) is 33.0. The lowest BCUT2D eigenvalue weighted by atomic mass is 9.90. The fraction of sp³-hybridized carbons (Fsp3) is 0.600. The van der Waals surface area contributed by atoms with Crippen molar-refractivity contribution < 1.29 is 47.2 Å². The summed E-state index contributed by atoms with van der Waals surface area (Å²) in [6, 6.07) is 13.4. The van der Waals surface area contributed by atoms with E-state index in [1.54, 1.807) is 0 Å². The summed E-state index contributed by atoms with van der Waals surface area (Å²) in [5.74, 6) is -1.77. The molecule has 3 fully saturated rings. The molecule has 4 aliphatic rings. The fourth-order valence-electron chi connectivity index (χ4n) is 7.61. The first-order chi connectivity index (χ1) is 22.7. The zero-order valence-electron chi connectivity index (χ0n) is 26.6. The van der Waals surface area contributed by atoms with E-state index in [4.69, 9.17) is 18.9 Å². The molecule has 1 saturated carbocycles. The van der Waals surface area contributed by atoms with Gasteiger partial charge in [-0.15, -0.1) is 0 Å². The van der Waals surface area contributed by atoms with Crippen LogP contribution in [-0.2, 0) is 46.8 Å². The number of rotatable bonds is 9. The Balaban J connectivity index is 1.23. The van der Waals surface area contributed by atoms with Crippen molar-refractivity contribution in [1.29, 1.82) is 0 Å². The van der Waals surface area contributed by atoms with Gasteiger partial charge in [-0.3, -0.25) is 4.79 Å². The van der Waals surface area contributed by atoms with Crippen LogP contribution in [0, 0.1) is 23.7 Å². The van der Waals surface area contributed by atoms with Crippen LogP contribution >= 0.6 is 0 Å². The van der Waals surface area contributed by atoms with Crippen molar-refractivity contribution >= 4 is 22.0 Å². The van der Waals surface area contributed by atoms with Crippen LogP contribution in [-0.4, -0.2) is 86.3 Å². The monoisotopic (exact) mass is 671 g/mol. The van der Waals surface area contributed by atoms with Gasteiger partial charge >= 0.3 is 11.9 Å². The first-order valence-corrected chi connectivity index (χ1v) is 18.2. The summed E-state index contributed by atoms with van der Waals surface area (Å²) >= 11 is 0. The average molecular weight is 672 g/mol. The number of aromatic carboxylic acids is 1. The van der Waals surface area contributed by atoms with Gasteiger partial charge in [0, 0.05) is 43.4 Å². The van der Waals surface area contributed by atoms with Crippen molar-refractivity contribution in [2.75, 3.05) is 32.9 Å². The van der Waals surface area contributed by atoms with E-state index < -0.39 is 34.0 Å². The van der Waals surface area contributed by atoms with Crippen molar-refractivity contribution in [1.82, 2.24) is 4.31 Å². The number of sulfonamides is 1.